The maximum absolute atomic E-state index is 12.7. The summed E-state index contributed by atoms with van der Waals surface area (Å²) < 4.78 is 4.87. The first-order valence-corrected chi connectivity index (χ1v) is 9.89. The number of phenols is 1. The molecule has 4 fully saturated rings. The van der Waals surface area contributed by atoms with Crippen LogP contribution in [0.25, 0.3) is 0 Å². The topological polar surface area (TPSA) is 87.7 Å². The molecule has 146 valence electrons. The molecular weight excluding hydrogens is 344 g/mol. The normalized spacial score (nSPS) is 32.0. The third kappa shape index (κ3) is 3.89. The molecule has 0 heterocycles. The number of carbonyl (C=O) groups is 2. The molecule has 2 amide bonds. The molecule has 0 aromatic heterocycles. The van der Waals surface area contributed by atoms with E-state index in [2.05, 4.69) is 10.6 Å². The van der Waals surface area contributed by atoms with Gasteiger partial charge in [-0.25, -0.2) is 9.59 Å². The highest BCUT2D eigenvalue weighted by molar-refractivity contribution is 5.84. The molecule has 27 heavy (non-hydrogen) atoms. The van der Waals surface area contributed by atoms with E-state index in [4.69, 9.17) is 4.74 Å². The Kier molecular flexibility index (Phi) is 4.74. The Morgan fingerprint density at radius 2 is 1.67 bits per heavy atom. The predicted molar refractivity (Wildman–Crippen MR) is 100 cm³/mol. The van der Waals surface area contributed by atoms with Crippen LogP contribution in [0, 0.1) is 17.8 Å². The summed E-state index contributed by atoms with van der Waals surface area (Å²) in [6.45, 7) is 0. The SMILES string of the molecule is COC(=O)[C@@H](Cc1ccc(O)cc1)NC(=O)NC12CC3CC(CC(C3)C1)C2. The lowest BCUT2D eigenvalue weighted by Gasteiger charge is -2.56. The van der Waals surface area contributed by atoms with Crippen molar-refractivity contribution in [2.75, 3.05) is 7.11 Å². The third-order valence-corrected chi connectivity index (χ3v) is 6.58. The maximum Gasteiger partial charge on any atom is 0.328 e. The van der Waals surface area contributed by atoms with Gasteiger partial charge in [0.2, 0.25) is 0 Å². The number of methoxy groups -OCH3 is 1. The Morgan fingerprint density at radius 1 is 1.11 bits per heavy atom. The van der Waals surface area contributed by atoms with Gasteiger partial charge in [-0.2, -0.15) is 0 Å². The van der Waals surface area contributed by atoms with Crippen LogP contribution < -0.4 is 10.6 Å². The van der Waals surface area contributed by atoms with Gasteiger partial charge in [0.05, 0.1) is 7.11 Å². The molecule has 4 aliphatic rings. The van der Waals surface area contributed by atoms with Gasteiger partial charge in [-0.1, -0.05) is 12.1 Å². The minimum Gasteiger partial charge on any atom is -0.508 e. The van der Waals surface area contributed by atoms with Crippen molar-refractivity contribution < 1.29 is 19.4 Å². The number of ether oxygens (including phenoxy) is 1. The highest BCUT2D eigenvalue weighted by atomic mass is 16.5. The number of rotatable bonds is 5. The van der Waals surface area contributed by atoms with Gasteiger partial charge in [-0.15, -0.1) is 0 Å². The molecule has 4 bridgehead atoms. The van der Waals surface area contributed by atoms with E-state index in [1.165, 1.54) is 26.4 Å². The zero-order chi connectivity index (χ0) is 19.0. The quantitative estimate of drug-likeness (QED) is 0.694. The smallest absolute Gasteiger partial charge is 0.328 e. The summed E-state index contributed by atoms with van der Waals surface area (Å²) >= 11 is 0. The molecule has 0 aliphatic heterocycles. The second kappa shape index (κ2) is 7.06. The van der Waals surface area contributed by atoms with Gasteiger partial charge in [0.15, 0.2) is 0 Å². The number of urea groups is 1. The number of amides is 2. The molecule has 0 radical (unpaired) electrons. The number of carbonyl (C=O) groups excluding carboxylic acids is 2. The summed E-state index contributed by atoms with van der Waals surface area (Å²) in [5, 5.41) is 15.5. The summed E-state index contributed by atoms with van der Waals surface area (Å²) in [4.78, 5) is 24.9. The van der Waals surface area contributed by atoms with Crippen LogP contribution in [0.2, 0.25) is 0 Å². The first-order chi connectivity index (χ1) is 12.9. The molecule has 1 aromatic rings. The van der Waals surface area contributed by atoms with E-state index in [0.29, 0.717) is 6.42 Å². The van der Waals surface area contributed by atoms with Crippen LogP contribution in [0.5, 0.6) is 5.75 Å². The van der Waals surface area contributed by atoms with Crippen LogP contribution >= 0.6 is 0 Å². The Balaban J connectivity index is 1.41. The number of esters is 1. The fourth-order valence-corrected chi connectivity index (χ4v) is 5.90. The van der Waals surface area contributed by atoms with E-state index in [-0.39, 0.29) is 17.3 Å². The number of phenolic OH excluding ortho intramolecular Hbond substituents is 1. The first-order valence-electron chi connectivity index (χ1n) is 9.89. The molecule has 0 spiro atoms. The van der Waals surface area contributed by atoms with E-state index in [1.54, 1.807) is 24.3 Å². The zero-order valence-electron chi connectivity index (χ0n) is 15.7. The van der Waals surface area contributed by atoms with Crippen LogP contribution in [0.3, 0.4) is 0 Å². The molecule has 6 heteroatoms. The van der Waals surface area contributed by atoms with Crippen molar-refractivity contribution in [2.45, 2.75) is 56.5 Å². The number of nitrogens with one attached hydrogen (secondary N) is 2. The summed E-state index contributed by atoms with van der Waals surface area (Å²) in [7, 11) is 1.32. The molecular formula is C21H28N2O4. The third-order valence-electron chi connectivity index (χ3n) is 6.58. The molecule has 0 saturated heterocycles. The van der Waals surface area contributed by atoms with Gasteiger partial charge < -0.3 is 20.5 Å². The summed E-state index contributed by atoms with van der Waals surface area (Å²) in [5.74, 6) is 1.92. The zero-order valence-corrected chi connectivity index (χ0v) is 15.7. The minimum absolute atomic E-state index is 0.0992. The molecule has 0 unspecified atom stereocenters. The fourth-order valence-electron chi connectivity index (χ4n) is 5.90. The predicted octanol–water partition coefficient (Wildman–Crippen LogP) is 2.74. The highest BCUT2D eigenvalue weighted by Gasteiger charge is 2.51. The molecule has 4 saturated carbocycles. The Hall–Kier alpha value is -2.24. The van der Waals surface area contributed by atoms with Crippen molar-refractivity contribution in [1.82, 2.24) is 10.6 Å². The molecule has 3 N–H and O–H groups in total. The lowest BCUT2D eigenvalue weighted by atomic mass is 9.53. The van der Waals surface area contributed by atoms with Gasteiger partial charge in [-0.05, 0) is 74.0 Å². The van der Waals surface area contributed by atoms with Crippen molar-refractivity contribution in [1.29, 1.82) is 0 Å². The average molecular weight is 372 g/mol. The second-order valence-corrected chi connectivity index (χ2v) is 8.74. The molecule has 1 atom stereocenters. The molecule has 6 nitrogen and oxygen atoms in total. The first kappa shape index (κ1) is 18.1. The number of hydrogen-bond acceptors (Lipinski definition) is 4. The van der Waals surface area contributed by atoms with Gasteiger partial charge >= 0.3 is 12.0 Å². The largest absolute Gasteiger partial charge is 0.508 e. The molecule has 4 aliphatic carbocycles. The number of hydrogen-bond donors (Lipinski definition) is 3. The summed E-state index contributed by atoms with van der Waals surface area (Å²) in [6, 6.07) is 5.58. The highest BCUT2D eigenvalue weighted by Crippen LogP contribution is 2.55. The van der Waals surface area contributed by atoms with Crippen molar-refractivity contribution in [3.8, 4) is 5.75 Å². The monoisotopic (exact) mass is 372 g/mol. The van der Waals surface area contributed by atoms with Crippen LogP contribution in [-0.2, 0) is 16.0 Å². The molecule has 1 aromatic carbocycles. The molecule has 5 rings (SSSR count). The van der Waals surface area contributed by atoms with Crippen molar-refractivity contribution in [3.63, 3.8) is 0 Å². The second-order valence-electron chi connectivity index (χ2n) is 8.74. The van der Waals surface area contributed by atoms with E-state index in [0.717, 1.165) is 42.6 Å². The number of aromatic hydroxyl groups is 1. The fraction of sp³-hybridized carbons (Fsp3) is 0.619. The Labute approximate surface area is 159 Å². The maximum atomic E-state index is 12.7. The van der Waals surface area contributed by atoms with Gasteiger partial charge in [0.25, 0.3) is 0 Å². The van der Waals surface area contributed by atoms with E-state index in [1.807, 2.05) is 0 Å². The van der Waals surface area contributed by atoms with E-state index < -0.39 is 12.0 Å². The van der Waals surface area contributed by atoms with Crippen LogP contribution in [0.1, 0.15) is 44.1 Å². The standard InChI is InChI=1S/C21H28N2O4/c1-27-19(25)18(9-13-2-4-17(24)5-3-13)22-20(26)23-21-10-14-6-15(11-21)8-16(7-14)12-21/h2-5,14-16,18,24H,6-12H2,1H3,(H2,22,23,26)/t14?,15?,16?,18-,21?/m1/s1. The van der Waals surface area contributed by atoms with E-state index >= 15 is 0 Å². The minimum atomic E-state index is -0.756. The van der Waals surface area contributed by atoms with Crippen molar-refractivity contribution in [3.05, 3.63) is 29.8 Å². The summed E-state index contributed by atoms with van der Waals surface area (Å²) in [5.41, 5.74) is 0.746. The van der Waals surface area contributed by atoms with Crippen molar-refractivity contribution in [2.24, 2.45) is 17.8 Å². The number of benzene rings is 1. The summed E-state index contributed by atoms with van der Waals surface area (Å²) in [6.07, 6.45) is 7.45. The average Bonchev–Trinajstić information content (AvgIpc) is 2.60. The van der Waals surface area contributed by atoms with Crippen LogP contribution in [0.15, 0.2) is 24.3 Å². The van der Waals surface area contributed by atoms with E-state index in [9.17, 15) is 14.7 Å². The van der Waals surface area contributed by atoms with Crippen molar-refractivity contribution >= 4 is 12.0 Å². The Bertz CT molecular complexity index is 680. The lowest BCUT2D eigenvalue weighted by molar-refractivity contribution is -0.142. The Morgan fingerprint density at radius 3 is 2.19 bits per heavy atom. The van der Waals surface area contributed by atoms with Gasteiger partial charge in [0, 0.05) is 12.0 Å². The lowest BCUT2D eigenvalue weighted by Crippen LogP contribution is -2.62. The van der Waals surface area contributed by atoms with Gasteiger partial charge in [0.1, 0.15) is 11.8 Å². The van der Waals surface area contributed by atoms with Crippen LogP contribution in [0.4, 0.5) is 4.79 Å². The van der Waals surface area contributed by atoms with Crippen LogP contribution in [-0.4, -0.2) is 35.8 Å². The van der Waals surface area contributed by atoms with Gasteiger partial charge in [-0.3, -0.25) is 0 Å².